The third-order valence-corrected chi connectivity index (χ3v) is 3.47. The Hall–Kier alpha value is -1.31. The van der Waals surface area contributed by atoms with Crippen LogP contribution in [-0.4, -0.2) is 6.54 Å². The Morgan fingerprint density at radius 3 is 2.39 bits per heavy atom. The molecule has 0 heterocycles. The number of alkyl halides is 1. The van der Waals surface area contributed by atoms with Gasteiger partial charge in [-0.25, -0.2) is 0 Å². The highest BCUT2D eigenvalue weighted by Gasteiger charge is 2.06. The Labute approximate surface area is 114 Å². The summed E-state index contributed by atoms with van der Waals surface area (Å²) in [4.78, 5) is 0. The van der Waals surface area contributed by atoms with Crippen LogP contribution in [0.2, 0.25) is 0 Å². The molecule has 0 radical (unpaired) electrons. The van der Waals surface area contributed by atoms with Gasteiger partial charge < -0.3 is 5.32 Å². The molecule has 0 aromatic heterocycles. The molecule has 0 saturated heterocycles. The summed E-state index contributed by atoms with van der Waals surface area (Å²) < 4.78 is 0. The molecule has 1 N–H and O–H groups in total. The van der Waals surface area contributed by atoms with Gasteiger partial charge in [0.2, 0.25) is 0 Å². The molecule has 0 aliphatic carbocycles. The average molecular weight is 260 g/mol. The molecule has 0 saturated carbocycles. The Morgan fingerprint density at radius 1 is 1.00 bits per heavy atom. The molecular formula is C16H18ClN. The maximum absolute atomic E-state index is 6.35. The van der Waals surface area contributed by atoms with E-state index in [9.17, 15) is 0 Å². The zero-order chi connectivity index (χ0) is 12.8. The number of nitrogens with one attached hydrogen (secondary N) is 1. The molecule has 0 fully saturated rings. The van der Waals surface area contributed by atoms with Crippen molar-refractivity contribution < 1.29 is 0 Å². The summed E-state index contributed by atoms with van der Waals surface area (Å²) in [6.45, 7) is 3.77. The van der Waals surface area contributed by atoms with Gasteiger partial charge in [-0.05, 0) is 23.6 Å². The van der Waals surface area contributed by atoms with Crippen molar-refractivity contribution in [2.75, 3.05) is 6.54 Å². The Morgan fingerprint density at radius 2 is 1.67 bits per heavy atom. The standard InChI is InChI=1S/C16H18ClN/c1-13-7-5-6-10-15(13)11-18-12-16(17)14-8-3-2-4-9-14/h2-10,16,18H,11-12H2,1H3. The van der Waals surface area contributed by atoms with Gasteiger partial charge in [0.15, 0.2) is 0 Å². The minimum atomic E-state index is 0.0234. The second-order valence-corrected chi connectivity index (χ2v) is 4.96. The van der Waals surface area contributed by atoms with Crippen LogP contribution in [0.1, 0.15) is 22.1 Å². The van der Waals surface area contributed by atoms with Crippen molar-refractivity contribution in [2.45, 2.75) is 18.8 Å². The van der Waals surface area contributed by atoms with Crippen LogP contribution in [0.4, 0.5) is 0 Å². The summed E-state index contributed by atoms with van der Waals surface area (Å²) in [6, 6.07) is 18.6. The van der Waals surface area contributed by atoms with E-state index < -0.39 is 0 Å². The van der Waals surface area contributed by atoms with Crippen molar-refractivity contribution in [3.8, 4) is 0 Å². The van der Waals surface area contributed by atoms with Gasteiger partial charge in [0, 0.05) is 13.1 Å². The molecule has 0 spiro atoms. The maximum atomic E-state index is 6.35. The summed E-state index contributed by atoms with van der Waals surface area (Å²) >= 11 is 6.35. The fourth-order valence-electron chi connectivity index (χ4n) is 1.92. The predicted octanol–water partition coefficient (Wildman–Crippen LogP) is 4.06. The number of hydrogen-bond donors (Lipinski definition) is 1. The first-order valence-corrected chi connectivity index (χ1v) is 6.65. The highest BCUT2D eigenvalue weighted by atomic mass is 35.5. The highest BCUT2D eigenvalue weighted by molar-refractivity contribution is 6.21. The Balaban J connectivity index is 1.84. The van der Waals surface area contributed by atoms with Crippen molar-refractivity contribution in [1.29, 1.82) is 0 Å². The van der Waals surface area contributed by atoms with E-state index in [2.05, 4.69) is 48.6 Å². The number of benzene rings is 2. The zero-order valence-electron chi connectivity index (χ0n) is 10.6. The molecule has 0 bridgehead atoms. The molecule has 1 nitrogen and oxygen atoms in total. The number of aryl methyl sites for hydroxylation is 1. The van der Waals surface area contributed by atoms with Gasteiger partial charge in [-0.3, -0.25) is 0 Å². The molecule has 0 amide bonds. The molecule has 18 heavy (non-hydrogen) atoms. The minimum absolute atomic E-state index is 0.0234. The highest BCUT2D eigenvalue weighted by Crippen LogP contribution is 2.18. The quantitative estimate of drug-likeness (QED) is 0.799. The summed E-state index contributed by atoms with van der Waals surface area (Å²) in [5, 5.41) is 3.43. The molecule has 0 aliphatic rings. The zero-order valence-corrected chi connectivity index (χ0v) is 11.3. The molecule has 2 aromatic carbocycles. The lowest BCUT2D eigenvalue weighted by molar-refractivity contribution is 0.672. The molecule has 2 rings (SSSR count). The fourth-order valence-corrected chi connectivity index (χ4v) is 2.18. The normalized spacial score (nSPS) is 12.3. The van der Waals surface area contributed by atoms with Gasteiger partial charge in [-0.1, -0.05) is 54.6 Å². The summed E-state index contributed by atoms with van der Waals surface area (Å²) in [5.74, 6) is 0. The van der Waals surface area contributed by atoms with Crippen LogP contribution in [0.15, 0.2) is 54.6 Å². The lowest BCUT2D eigenvalue weighted by Gasteiger charge is -2.12. The lowest BCUT2D eigenvalue weighted by Crippen LogP contribution is -2.19. The molecule has 1 unspecified atom stereocenters. The van der Waals surface area contributed by atoms with Gasteiger partial charge in [-0.15, -0.1) is 11.6 Å². The predicted molar refractivity (Wildman–Crippen MR) is 77.9 cm³/mol. The molecule has 94 valence electrons. The molecular weight excluding hydrogens is 242 g/mol. The van der Waals surface area contributed by atoms with Crippen LogP contribution >= 0.6 is 11.6 Å². The van der Waals surface area contributed by atoms with Crippen LogP contribution in [0.3, 0.4) is 0 Å². The van der Waals surface area contributed by atoms with Crippen molar-refractivity contribution in [1.82, 2.24) is 5.32 Å². The smallest absolute Gasteiger partial charge is 0.0709 e. The first-order chi connectivity index (χ1) is 8.77. The Bertz CT molecular complexity index is 481. The van der Waals surface area contributed by atoms with Gasteiger partial charge in [0.05, 0.1) is 5.38 Å². The average Bonchev–Trinajstić information content (AvgIpc) is 2.42. The van der Waals surface area contributed by atoms with Gasteiger partial charge >= 0.3 is 0 Å². The largest absolute Gasteiger partial charge is 0.311 e. The van der Waals surface area contributed by atoms with Crippen molar-refractivity contribution in [3.63, 3.8) is 0 Å². The number of hydrogen-bond acceptors (Lipinski definition) is 1. The van der Waals surface area contributed by atoms with Crippen LogP contribution in [0.5, 0.6) is 0 Å². The van der Waals surface area contributed by atoms with Crippen LogP contribution in [0, 0.1) is 6.92 Å². The third kappa shape index (κ3) is 3.59. The van der Waals surface area contributed by atoms with E-state index in [1.807, 2.05) is 18.2 Å². The number of halogens is 1. The molecule has 2 heteroatoms. The second kappa shape index (κ2) is 6.58. The molecule has 2 aromatic rings. The van der Waals surface area contributed by atoms with E-state index in [-0.39, 0.29) is 5.38 Å². The van der Waals surface area contributed by atoms with Gasteiger partial charge in [0.1, 0.15) is 0 Å². The SMILES string of the molecule is Cc1ccccc1CNCC(Cl)c1ccccc1. The van der Waals surface area contributed by atoms with Crippen molar-refractivity contribution >= 4 is 11.6 Å². The lowest BCUT2D eigenvalue weighted by atomic mass is 10.1. The summed E-state index contributed by atoms with van der Waals surface area (Å²) in [7, 11) is 0. The van der Waals surface area contributed by atoms with Crippen LogP contribution < -0.4 is 5.32 Å². The minimum Gasteiger partial charge on any atom is -0.311 e. The van der Waals surface area contributed by atoms with Crippen molar-refractivity contribution in [3.05, 3.63) is 71.3 Å². The second-order valence-electron chi connectivity index (χ2n) is 4.44. The first kappa shape index (κ1) is 13.1. The topological polar surface area (TPSA) is 12.0 Å². The van der Waals surface area contributed by atoms with E-state index in [4.69, 9.17) is 11.6 Å². The van der Waals surface area contributed by atoms with Gasteiger partial charge in [-0.2, -0.15) is 0 Å². The molecule has 0 aliphatic heterocycles. The Kier molecular flexibility index (Phi) is 4.80. The third-order valence-electron chi connectivity index (χ3n) is 3.06. The number of rotatable bonds is 5. The maximum Gasteiger partial charge on any atom is 0.0709 e. The van der Waals surface area contributed by atoms with Gasteiger partial charge in [0.25, 0.3) is 0 Å². The summed E-state index contributed by atoms with van der Waals surface area (Å²) in [6.07, 6.45) is 0. The van der Waals surface area contributed by atoms with Crippen LogP contribution in [0.25, 0.3) is 0 Å². The van der Waals surface area contributed by atoms with Crippen molar-refractivity contribution in [2.24, 2.45) is 0 Å². The van der Waals surface area contributed by atoms with E-state index in [1.54, 1.807) is 0 Å². The van der Waals surface area contributed by atoms with E-state index in [0.717, 1.165) is 18.7 Å². The van der Waals surface area contributed by atoms with E-state index in [0.29, 0.717) is 0 Å². The van der Waals surface area contributed by atoms with Crippen LogP contribution in [-0.2, 0) is 6.54 Å². The van der Waals surface area contributed by atoms with E-state index >= 15 is 0 Å². The summed E-state index contributed by atoms with van der Waals surface area (Å²) in [5.41, 5.74) is 3.81. The first-order valence-electron chi connectivity index (χ1n) is 6.21. The molecule has 1 atom stereocenters. The van der Waals surface area contributed by atoms with E-state index in [1.165, 1.54) is 11.1 Å². The fraction of sp³-hybridized carbons (Fsp3) is 0.250. The monoisotopic (exact) mass is 259 g/mol.